The van der Waals surface area contributed by atoms with Gasteiger partial charge in [-0.05, 0) is 67.3 Å². The van der Waals surface area contributed by atoms with Gasteiger partial charge in [-0.2, -0.15) is 0 Å². The summed E-state index contributed by atoms with van der Waals surface area (Å²) in [5, 5.41) is 12.0. The number of piperidine rings is 1. The molecule has 0 spiro atoms. The highest BCUT2D eigenvalue weighted by atomic mass is 32.3. The molecule has 4 N–H and O–H groups in total. The maximum absolute atomic E-state index is 13.1. The van der Waals surface area contributed by atoms with Gasteiger partial charge >= 0.3 is 0 Å². The van der Waals surface area contributed by atoms with Gasteiger partial charge in [0.15, 0.2) is 5.58 Å². The number of anilines is 1. The van der Waals surface area contributed by atoms with Gasteiger partial charge in [-0.15, -0.1) is 0 Å². The van der Waals surface area contributed by atoms with Crippen LogP contribution >= 0.6 is 10.8 Å². The highest BCUT2D eigenvalue weighted by molar-refractivity contribution is 8.25. The van der Waals surface area contributed by atoms with Crippen LogP contribution in [-0.2, 0) is 5.60 Å². The number of fused-ring (bicyclic) bond motifs is 1. The molecule has 1 amide bonds. The maximum atomic E-state index is 13.1. The summed E-state index contributed by atoms with van der Waals surface area (Å²) in [4.78, 5) is 15.1. The average Bonchev–Trinajstić information content (AvgIpc) is 3.33. The van der Waals surface area contributed by atoms with E-state index in [1.54, 1.807) is 47.4 Å². The van der Waals surface area contributed by atoms with Crippen LogP contribution in [0.5, 0.6) is 0 Å². The van der Waals surface area contributed by atoms with Gasteiger partial charge < -0.3 is 14.4 Å². The number of likely N-dealkylation sites (tertiary alicyclic amines) is 1. The molecular formula is C27H28N2O5S. The van der Waals surface area contributed by atoms with Crippen molar-refractivity contribution in [1.82, 2.24) is 4.90 Å². The number of carbonyl (C=O) groups excluding carboxylic acids is 1. The summed E-state index contributed by atoms with van der Waals surface area (Å²) in [6, 6.07) is 21.4. The molecule has 2 heterocycles. The molecule has 1 aliphatic rings. The fraction of sp³-hybridized carbons (Fsp3) is 0.222. The largest absolute Gasteiger partial charge is 0.462 e. The van der Waals surface area contributed by atoms with Gasteiger partial charge in [0.2, 0.25) is 0 Å². The summed E-state index contributed by atoms with van der Waals surface area (Å²) in [5.41, 5.74) is 2.43. The highest BCUT2D eigenvalue weighted by Gasteiger charge is 2.36. The predicted molar refractivity (Wildman–Crippen MR) is 138 cm³/mol. The zero-order valence-corrected chi connectivity index (χ0v) is 20.2. The van der Waals surface area contributed by atoms with Crippen LogP contribution in [0.2, 0.25) is 0 Å². The first-order valence-corrected chi connectivity index (χ1v) is 13.0. The molecule has 4 aromatic rings. The summed E-state index contributed by atoms with van der Waals surface area (Å²) in [6.45, 7) is 2.90. The van der Waals surface area contributed by atoms with Gasteiger partial charge in [0.1, 0.15) is 4.90 Å². The Labute approximate surface area is 205 Å². The van der Waals surface area contributed by atoms with Crippen LogP contribution in [-0.4, -0.2) is 38.1 Å². The number of hydrogen-bond donors (Lipinski definition) is 4. The summed E-state index contributed by atoms with van der Waals surface area (Å²) in [6.07, 6.45) is 2.46. The standard InChI is InChI=1S/C27H28N2O5S/c1-19-5-2-3-7-23(19)27(31)14-16-29(17-15-27)26(30)21-9-11-22(12-10-21)28-35(32,33)24-8-4-6-20-13-18-34-25(20)24/h2-13,18,28,31-33H,14-17H2,1H3. The zero-order valence-electron chi connectivity index (χ0n) is 19.3. The van der Waals surface area contributed by atoms with Crippen molar-refractivity contribution in [1.29, 1.82) is 0 Å². The summed E-state index contributed by atoms with van der Waals surface area (Å²) in [5.74, 6) is -0.115. The number of nitrogens with zero attached hydrogens (tertiary/aromatic N) is 1. The van der Waals surface area contributed by atoms with Crippen LogP contribution in [0, 0.1) is 6.92 Å². The number of aliphatic hydroxyl groups is 1. The Morgan fingerprint density at radius 1 is 0.971 bits per heavy atom. The third-order valence-corrected chi connectivity index (χ3v) is 8.12. The number of para-hydroxylation sites is 1. The molecule has 1 saturated heterocycles. The van der Waals surface area contributed by atoms with Crippen LogP contribution in [0.25, 0.3) is 11.0 Å². The fourth-order valence-corrected chi connectivity index (χ4v) is 5.98. The molecule has 0 radical (unpaired) electrons. The number of amides is 1. The molecule has 0 bridgehead atoms. The molecule has 0 unspecified atom stereocenters. The van der Waals surface area contributed by atoms with E-state index in [1.165, 1.54) is 6.26 Å². The Morgan fingerprint density at radius 2 is 1.69 bits per heavy atom. The van der Waals surface area contributed by atoms with Gasteiger partial charge in [0, 0.05) is 24.0 Å². The smallest absolute Gasteiger partial charge is 0.253 e. The van der Waals surface area contributed by atoms with Crippen LogP contribution in [0.3, 0.4) is 0 Å². The highest BCUT2D eigenvalue weighted by Crippen LogP contribution is 2.50. The van der Waals surface area contributed by atoms with Gasteiger partial charge in [0.05, 0.1) is 17.6 Å². The molecule has 35 heavy (non-hydrogen) atoms. The molecule has 5 rings (SSSR count). The Morgan fingerprint density at radius 3 is 2.40 bits per heavy atom. The topological polar surface area (TPSA) is 106 Å². The molecule has 3 aromatic carbocycles. The monoisotopic (exact) mass is 492 g/mol. The predicted octanol–water partition coefficient (Wildman–Crippen LogP) is 6.00. The van der Waals surface area contributed by atoms with Crippen molar-refractivity contribution in [3.05, 3.63) is 95.7 Å². The second-order valence-corrected chi connectivity index (χ2v) is 10.7. The minimum atomic E-state index is -3.37. The van der Waals surface area contributed by atoms with E-state index < -0.39 is 16.4 Å². The number of rotatable bonds is 5. The Kier molecular flexibility index (Phi) is 6.06. The average molecular weight is 493 g/mol. The summed E-state index contributed by atoms with van der Waals surface area (Å²) >= 11 is 0. The van der Waals surface area contributed by atoms with Crippen molar-refractivity contribution < 1.29 is 23.4 Å². The van der Waals surface area contributed by atoms with Crippen LogP contribution in [0.1, 0.15) is 34.3 Å². The van der Waals surface area contributed by atoms with Crippen LogP contribution < -0.4 is 4.72 Å². The number of hydrogen-bond acceptors (Lipinski definition) is 6. The first-order chi connectivity index (χ1) is 16.8. The number of furan rings is 1. The molecule has 182 valence electrons. The van der Waals surface area contributed by atoms with Gasteiger partial charge in [-0.25, -0.2) is 0 Å². The molecule has 0 aliphatic carbocycles. The van der Waals surface area contributed by atoms with Crippen molar-refractivity contribution in [3.8, 4) is 0 Å². The number of aryl methyl sites for hydroxylation is 1. The molecule has 0 atom stereocenters. The first kappa shape index (κ1) is 23.4. The van der Waals surface area contributed by atoms with Crippen molar-refractivity contribution in [2.75, 3.05) is 17.8 Å². The Bertz CT molecular complexity index is 1360. The molecule has 1 aliphatic heterocycles. The van der Waals surface area contributed by atoms with Crippen molar-refractivity contribution >= 4 is 33.3 Å². The van der Waals surface area contributed by atoms with E-state index in [2.05, 4.69) is 4.72 Å². The lowest BCUT2D eigenvalue weighted by Crippen LogP contribution is -2.45. The molecule has 7 nitrogen and oxygen atoms in total. The minimum Gasteiger partial charge on any atom is -0.462 e. The van der Waals surface area contributed by atoms with Crippen molar-refractivity contribution in [2.24, 2.45) is 0 Å². The SMILES string of the molecule is Cc1ccccc1C1(O)CCN(C(=O)c2ccc(NS(O)(O)c3cccc4ccoc34)cc2)CC1. The van der Waals surface area contributed by atoms with E-state index in [0.717, 1.165) is 16.5 Å². The number of carbonyl (C=O) groups is 1. The Balaban J connectivity index is 1.26. The number of benzene rings is 3. The van der Waals surface area contributed by atoms with E-state index in [1.807, 2.05) is 37.3 Å². The van der Waals surface area contributed by atoms with E-state index in [0.29, 0.717) is 42.8 Å². The van der Waals surface area contributed by atoms with Crippen molar-refractivity contribution in [2.45, 2.75) is 30.3 Å². The van der Waals surface area contributed by atoms with Gasteiger partial charge in [0.25, 0.3) is 5.91 Å². The van der Waals surface area contributed by atoms with Gasteiger partial charge in [-0.1, -0.05) is 47.2 Å². The first-order valence-electron chi connectivity index (χ1n) is 11.5. The van der Waals surface area contributed by atoms with E-state index in [-0.39, 0.29) is 10.8 Å². The number of nitrogens with one attached hydrogen (secondary N) is 1. The minimum absolute atomic E-state index is 0.115. The van der Waals surface area contributed by atoms with Crippen LogP contribution in [0.15, 0.2) is 88.4 Å². The second-order valence-electron chi connectivity index (χ2n) is 8.96. The second kappa shape index (κ2) is 9.05. The van der Waals surface area contributed by atoms with Crippen molar-refractivity contribution in [3.63, 3.8) is 0 Å². The maximum Gasteiger partial charge on any atom is 0.253 e. The normalized spacial score (nSPS) is 16.3. The summed E-state index contributed by atoms with van der Waals surface area (Å²) in [7, 11) is -3.37. The molecular weight excluding hydrogens is 464 g/mol. The van der Waals surface area contributed by atoms with Gasteiger partial charge in [-0.3, -0.25) is 18.6 Å². The van der Waals surface area contributed by atoms with E-state index in [9.17, 15) is 19.0 Å². The quantitative estimate of drug-likeness (QED) is 0.272. The molecule has 1 fully saturated rings. The van der Waals surface area contributed by atoms with E-state index >= 15 is 0 Å². The third-order valence-electron chi connectivity index (χ3n) is 6.67. The van der Waals surface area contributed by atoms with Crippen LogP contribution in [0.4, 0.5) is 5.69 Å². The molecule has 0 saturated carbocycles. The molecule has 8 heteroatoms. The lowest BCUT2D eigenvalue weighted by molar-refractivity contribution is -0.0215. The van der Waals surface area contributed by atoms with E-state index in [4.69, 9.17) is 4.42 Å². The summed E-state index contributed by atoms with van der Waals surface area (Å²) < 4.78 is 29.7. The lowest BCUT2D eigenvalue weighted by Gasteiger charge is -2.39. The zero-order chi connectivity index (χ0) is 24.6. The fourth-order valence-electron chi connectivity index (χ4n) is 4.72. The third kappa shape index (κ3) is 4.53. The molecule has 1 aromatic heterocycles. The lowest BCUT2D eigenvalue weighted by atomic mass is 9.82. The Hall–Kier alpha value is -3.30.